The van der Waals surface area contributed by atoms with Crippen LogP contribution >= 0.6 is 11.6 Å². The number of benzene rings is 2. The zero-order chi connectivity index (χ0) is 18.6. The van der Waals surface area contributed by atoms with Gasteiger partial charge in [-0.15, -0.1) is 0 Å². The van der Waals surface area contributed by atoms with Crippen molar-refractivity contribution in [1.29, 1.82) is 0 Å². The number of rotatable bonds is 6. The van der Waals surface area contributed by atoms with E-state index < -0.39 is 16.9 Å². The number of amides is 1. The number of non-ortho nitro benzene ring substituents is 1. The first-order valence-corrected chi connectivity index (χ1v) is 7.75. The Labute approximate surface area is 149 Å². The van der Waals surface area contributed by atoms with E-state index in [1.54, 1.807) is 25.1 Å². The number of carbonyl (C=O) groups is 1. The van der Waals surface area contributed by atoms with Gasteiger partial charge in [0.15, 0.2) is 6.10 Å². The summed E-state index contributed by atoms with van der Waals surface area (Å²) in [5.74, 6) is 0.375. The van der Waals surface area contributed by atoms with E-state index in [-0.39, 0.29) is 11.4 Å². The number of hydrogen-bond acceptors (Lipinski definition) is 5. The van der Waals surface area contributed by atoms with Crippen LogP contribution in [0.4, 0.5) is 11.4 Å². The molecule has 0 radical (unpaired) electrons. The standard InChI is InChI=1S/C17H17ClN2O5/c1-10-8-12(18)4-6-15(10)25-11(2)17(21)19-14-9-13(20(22)23)5-7-16(14)24-3/h4-9,11H,1-3H3,(H,19,21). The van der Waals surface area contributed by atoms with Crippen LogP contribution in [0.5, 0.6) is 11.5 Å². The lowest BCUT2D eigenvalue weighted by atomic mass is 10.2. The highest BCUT2D eigenvalue weighted by Gasteiger charge is 2.19. The van der Waals surface area contributed by atoms with Crippen LogP contribution in [0.2, 0.25) is 5.02 Å². The van der Waals surface area contributed by atoms with Gasteiger partial charge in [0.05, 0.1) is 17.7 Å². The number of carbonyl (C=O) groups excluding carboxylic acids is 1. The van der Waals surface area contributed by atoms with Gasteiger partial charge in [-0.25, -0.2) is 0 Å². The van der Waals surface area contributed by atoms with Crippen molar-refractivity contribution in [2.75, 3.05) is 12.4 Å². The van der Waals surface area contributed by atoms with Crippen LogP contribution in [0.1, 0.15) is 12.5 Å². The molecular weight excluding hydrogens is 348 g/mol. The predicted molar refractivity (Wildman–Crippen MR) is 94.6 cm³/mol. The van der Waals surface area contributed by atoms with Crippen LogP contribution in [0.15, 0.2) is 36.4 Å². The second-order valence-corrected chi connectivity index (χ2v) is 5.74. The van der Waals surface area contributed by atoms with E-state index in [1.165, 1.54) is 25.3 Å². The molecule has 2 rings (SSSR count). The Hall–Kier alpha value is -2.80. The summed E-state index contributed by atoms with van der Waals surface area (Å²) in [5.41, 5.74) is 0.836. The lowest BCUT2D eigenvalue weighted by Gasteiger charge is -2.17. The maximum Gasteiger partial charge on any atom is 0.271 e. The number of anilines is 1. The number of nitro benzene ring substituents is 1. The molecule has 0 spiro atoms. The Morgan fingerprint density at radius 2 is 1.92 bits per heavy atom. The first-order chi connectivity index (χ1) is 11.8. The molecule has 0 aromatic heterocycles. The zero-order valence-electron chi connectivity index (χ0n) is 13.9. The third-order valence-corrected chi connectivity index (χ3v) is 3.70. The van der Waals surface area contributed by atoms with Crippen molar-refractivity contribution in [1.82, 2.24) is 0 Å². The van der Waals surface area contributed by atoms with Gasteiger partial charge in [0.25, 0.3) is 11.6 Å². The minimum atomic E-state index is -0.830. The van der Waals surface area contributed by atoms with Gasteiger partial charge in [-0.2, -0.15) is 0 Å². The molecule has 0 heterocycles. The van der Waals surface area contributed by atoms with Gasteiger partial charge in [-0.1, -0.05) is 11.6 Å². The maximum atomic E-state index is 12.4. The fourth-order valence-corrected chi connectivity index (χ4v) is 2.36. The third kappa shape index (κ3) is 4.60. The fourth-order valence-electron chi connectivity index (χ4n) is 2.13. The van der Waals surface area contributed by atoms with Crippen molar-refractivity contribution in [2.24, 2.45) is 0 Å². The van der Waals surface area contributed by atoms with E-state index in [9.17, 15) is 14.9 Å². The number of hydrogen-bond donors (Lipinski definition) is 1. The molecule has 0 saturated carbocycles. The first-order valence-electron chi connectivity index (χ1n) is 7.38. The Balaban J connectivity index is 2.15. The van der Waals surface area contributed by atoms with E-state index in [2.05, 4.69) is 5.32 Å². The monoisotopic (exact) mass is 364 g/mol. The molecule has 132 valence electrons. The Kier molecular flexibility index (Phi) is 5.82. The molecule has 8 heteroatoms. The lowest BCUT2D eigenvalue weighted by Crippen LogP contribution is -2.30. The number of nitrogens with zero attached hydrogens (tertiary/aromatic N) is 1. The highest BCUT2D eigenvalue weighted by Crippen LogP contribution is 2.29. The summed E-state index contributed by atoms with van der Waals surface area (Å²) >= 11 is 5.89. The molecule has 0 aliphatic rings. The molecule has 1 amide bonds. The van der Waals surface area contributed by atoms with Crippen molar-refractivity contribution in [3.05, 3.63) is 57.1 Å². The summed E-state index contributed by atoms with van der Waals surface area (Å²) in [6.45, 7) is 3.39. The topological polar surface area (TPSA) is 90.7 Å². The summed E-state index contributed by atoms with van der Waals surface area (Å²) in [5, 5.41) is 14.1. The normalized spacial score (nSPS) is 11.5. The summed E-state index contributed by atoms with van der Waals surface area (Å²) in [6.07, 6.45) is -0.830. The summed E-state index contributed by atoms with van der Waals surface area (Å²) in [6, 6.07) is 9.02. The van der Waals surface area contributed by atoms with Crippen LogP contribution in [-0.2, 0) is 4.79 Å². The third-order valence-electron chi connectivity index (χ3n) is 3.46. The van der Waals surface area contributed by atoms with Crippen molar-refractivity contribution >= 4 is 28.9 Å². The molecular formula is C17H17ClN2O5. The largest absolute Gasteiger partial charge is 0.495 e. The number of nitrogens with one attached hydrogen (secondary N) is 1. The van der Waals surface area contributed by atoms with E-state index in [1.807, 2.05) is 6.92 Å². The highest BCUT2D eigenvalue weighted by molar-refractivity contribution is 6.30. The van der Waals surface area contributed by atoms with Gasteiger partial charge in [0, 0.05) is 17.2 Å². The molecule has 0 aliphatic heterocycles. The maximum absolute atomic E-state index is 12.4. The molecule has 0 bridgehead atoms. The Bertz CT molecular complexity index is 810. The van der Waals surface area contributed by atoms with E-state index >= 15 is 0 Å². The molecule has 1 atom stereocenters. The quantitative estimate of drug-likeness (QED) is 0.618. The average molecular weight is 365 g/mol. The van der Waals surface area contributed by atoms with E-state index in [0.717, 1.165) is 5.56 Å². The zero-order valence-corrected chi connectivity index (χ0v) is 14.7. The molecule has 2 aromatic carbocycles. The van der Waals surface area contributed by atoms with E-state index in [4.69, 9.17) is 21.1 Å². The smallest absolute Gasteiger partial charge is 0.271 e. The van der Waals surface area contributed by atoms with Crippen molar-refractivity contribution in [2.45, 2.75) is 20.0 Å². The van der Waals surface area contributed by atoms with Crippen LogP contribution < -0.4 is 14.8 Å². The molecule has 0 saturated heterocycles. The van der Waals surface area contributed by atoms with Gasteiger partial charge in [0.1, 0.15) is 11.5 Å². The van der Waals surface area contributed by atoms with Crippen LogP contribution in [0.25, 0.3) is 0 Å². The van der Waals surface area contributed by atoms with Crippen LogP contribution in [0, 0.1) is 17.0 Å². The van der Waals surface area contributed by atoms with Crippen molar-refractivity contribution < 1.29 is 19.2 Å². The van der Waals surface area contributed by atoms with Crippen molar-refractivity contribution in [3.8, 4) is 11.5 Å². The van der Waals surface area contributed by atoms with Gasteiger partial charge >= 0.3 is 0 Å². The van der Waals surface area contributed by atoms with Gasteiger partial charge in [0.2, 0.25) is 0 Å². The molecule has 7 nitrogen and oxygen atoms in total. The Morgan fingerprint density at radius 3 is 2.52 bits per heavy atom. The minimum absolute atomic E-state index is 0.154. The Morgan fingerprint density at radius 1 is 1.24 bits per heavy atom. The number of halogens is 1. The summed E-state index contributed by atoms with van der Waals surface area (Å²) in [7, 11) is 1.41. The second-order valence-electron chi connectivity index (χ2n) is 5.30. The fraction of sp³-hybridized carbons (Fsp3) is 0.235. The van der Waals surface area contributed by atoms with Crippen molar-refractivity contribution in [3.63, 3.8) is 0 Å². The number of ether oxygens (including phenoxy) is 2. The lowest BCUT2D eigenvalue weighted by molar-refractivity contribution is -0.384. The summed E-state index contributed by atoms with van der Waals surface area (Å²) < 4.78 is 10.8. The molecule has 0 fully saturated rings. The SMILES string of the molecule is COc1ccc([N+](=O)[O-])cc1NC(=O)C(C)Oc1ccc(Cl)cc1C. The number of aryl methyl sites for hydroxylation is 1. The van der Waals surface area contributed by atoms with E-state index in [0.29, 0.717) is 16.5 Å². The number of methoxy groups -OCH3 is 1. The van der Waals surface area contributed by atoms with Gasteiger partial charge < -0.3 is 14.8 Å². The minimum Gasteiger partial charge on any atom is -0.495 e. The first kappa shape index (κ1) is 18.5. The molecule has 0 aliphatic carbocycles. The molecule has 25 heavy (non-hydrogen) atoms. The van der Waals surface area contributed by atoms with Gasteiger partial charge in [-0.05, 0) is 43.7 Å². The summed E-state index contributed by atoms with van der Waals surface area (Å²) in [4.78, 5) is 22.7. The molecule has 2 aromatic rings. The van der Waals surface area contributed by atoms with Crippen LogP contribution in [-0.4, -0.2) is 24.0 Å². The highest BCUT2D eigenvalue weighted by atomic mass is 35.5. The average Bonchev–Trinajstić information content (AvgIpc) is 2.57. The van der Waals surface area contributed by atoms with Crippen LogP contribution in [0.3, 0.4) is 0 Å². The predicted octanol–water partition coefficient (Wildman–Crippen LogP) is 3.97. The number of nitro groups is 1. The van der Waals surface area contributed by atoms with Gasteiger partial charge in [-0.3, -0.25) is 14.9 Å². The molecule has 1 N–H and O–H groups in total. The second kappa shape index (κ2) is 7.85. The molecule has 1 unspecified atom stereocenters.